The fourth-order valence-electron chi connectivity index (χ4n) is 3.50. The van der Waals surface area contributed by atoms with E-state index in [4.69, 9.17) is 11.6 Å². The maximum atomic E-state index is 13.0. The van der Waals surface area contributed by atoms with Gasteiger partial charge in [-0.2, -0.15) is 4.31 Å². The molecule has 0 bridgehead atoms. The molecular formula is C21H24ClN3O4S. The van der Waals surface area contributed by atoms with Crippen LogP contribution in [-0.4, -0.2) is 45.2 Å². The maximum Gasteiger partial charge on any atom is 0.243 e. The van der Waals surface area contributed by atoms with E-state index in [1.165, 1.54) is 24.1 Å². The van der Waals surface area contributed by atoms with Crippen molar-refractivity contribution in [3.63, 3.8) is 0 Å². The number of nitrogens with one attached hydrogen (secondary N) is 1. The smallest absolute Gasteiger partial charge is 0.243 e. The second-order valence-corrected chi connectivity index (χ2v) is 10.4. The van der Waals surface area contributed by atoms with E-state index >= 15 is 0 Å². The molecule has 0 fully saturated rings. The summed E-state index contributed by atoms with van der Waals surface area (Å²) in [4.78, 5) is 26.4. The summed E-state index contributed by atoms with van der Waals surface area (Å²) in [6.07, 6.45) is 0. The molecule has 0 radical (unpaired) electrons. The number of hydrogen-bond acceptors (Lipinski definition) is 4. The largest absolute Gasteiger partial charge is 0.325 e. The van der Waals surface area contributed by atoms with E-state index < -0.39 is 21.3 Å². The molecule has 0 saturated heterocycles. The Morgan fingerprint density at radius 1 is 1.20 bits per heavy atom. The predicted molar refractivity (Wildman–Crippen MR) is 118 cm³/mol. The van der Waals surface area contributed by atoms with E-state index in [0.29, 0.717) is 22.0 Å². The number of carbonyl (C=O) groups excluding carboxylic acids is 2. The van der Waals surface area contributed by atoms with Crippen LogP contribution in [0.2, 0.25) is 5.02 Å². The summed E-state index contributed by atoms with van der Waals surface area (Å²) in [5, 5.41) is 3.16. The Bertz CT molecular complexity index is 1140. The zero-order chi connectivity index (χ0) is 22.4. The number of benzene rings is 2. The van der Waals surface area contributed by atoms with Gasteiger partial charge in [0.05, 0.1) is 16.9 Å². The zero-order valence-corrected chi connectivity index (χ0v) is 19.1. The van der Waals surface area contributed by atoms with Crippen LogP contribution >= 0.6 is 11.6 Å². The maximum absolute atomic E-state index is 13.0. The molecule has 9 heteroatoms. The van der Waals surface area contributed by atoms with Gasteiger partial charge < -0.3 is 10.2 Å². The number of anilines is 2. The van der Waals surface area contributed by atoms with Gasteiger partial charge in [-0.1, -0.05) is 17.7 Å². The fourth-order valence-corrected chi connectivity index (χ4v) is 4.82. The van der Waals surface area contributed by atoms with Crippen molar-refractivity contribution >= 4 is 44.8 Å². The van der Waals surface area contributed by atoms with E-state index in [1.54, 1.807) is 45.2 Å². The first kappa shape index (κ1) is 22.3. The average molecular weight is 450 g/mol. The third-order valence-electron chi connectivity index (χ3n) is 5.39. The van der Waals surface area contributed by atoms with Crippen molar-refractivity contribution in [3.05, 3.63) is 52.5 Å². The molecule has 2 aromatic rings. The number of nitrogens with zero attached hydrogens (tertiary/aromatic N) is 2. The predicted octanol–water partition coefficient (Wildman–Crippen LogP) is 3.16. The SMILES string of the molecule is Cc1ccc(Cl)cc1NC(=O)CN(C)S(=O)(=O)c1ccc2c(c1)C(C)(C)C(=O)N2C. The molecular weight excluding hydrogens is 426 g/mol. The molecule has 1 aliphatic heterocycles. The van der Waals surface area contributed by atoms with Crippen LogP contribution in [0, 0.1) is 6.92 Å². The Balaban J connectivity index is 1.82. The van der Waals surface area contributed by atoms with Crippen LogP contribution in [0.25, 0.3) is 0 Å². The van der Waals surface area contributed by atoms with E-state index in [2.05, 4.69) is 5.32 Å². The Kier molecular flexibility index (Phi) is 5.70. The number of amides is 2. The minimum Gasteiger partial charge on any atom is -0.325 e. The third-order valence-corrected chi connectivity index (χ3v) is 7.42. The molecule has 0 saturated carbocycles. The molecule has 0 spiro atoms. The summed E-state index contributed by atoms with van der Waals surface area (Å²) >= 11 is 5.96. The molecule has 0 aromatic heterocycles. The lowest BCUT2D eigenvalue weighted by Crippen LogP contribution is -2.35. The summed E-state index contributed by atoms with van der Waals surface area (Å²) in [5.74, 6) is -0.584. The number of carbonyl (C=O) groups is 2. The van der Waals surface area contributed by atoms with Crippen LogP contribution in [-0.2, 0) is 25.0 Å². The average Bonchev–Trinajstić information content (AvgIpc) is 2.84. The molecule has 0 unspecified atom stereocenters. The van der Waals surface area contributed by atoms with Gasteiger partial charge in [0.25, 0.3) is 0 Å². The van der Waals surface area contributed by atoms with Crippen molar-refractivity contribution in [1.29, 1.82) is 0 Å². The van der Waals surface area contributed by atoms with Crippen molar-refractivity contribution in [2.24, 2.45) is 0 Å². The van der Waals surface area contributed by atoms with Gasteiger partial charge in [-0.3, -0.25) is 9.59 Å². The van der Waals surface area contributed by atoms with Crippen molar-refractivity contribution in [2.75, 3.05) is 30.9 Å². The van der Waals surface area contributed by atoms with Crippen molar-refractivity contribution < 1.29 is 18.0 Å². The Hall–Kier alpha value is -2.42. The highest BCUT2D eigenvalue weighted by molar-refractivity contribution is 7.89. The quantitative estimate of drug-likeness (QED) is 0.759. The molecule has 7 nitrogen and oxygen atoms in total. The number of aryl methyl sites for hydroxylation is 1. The van der Waals surface area contributed by atoms with Crippen LogP contribution in [0.1, 0.15) is 25.0 Å². The van der Waals surface area contributed by atoms with Gasteiger partial charge in [0, 0.05) is 30.5 Å². The second-order valence-electron chi connectivity index (χ2n) is 7.94. The molecule has 160 valence electrons. The molecule has 30 heavy (non-hydrogen) atoms. The van der Waals surface area contributed by atoms with Gasteiger partial charge in [0.2, 0.25) is 21.8 Å². The van der Waals surface area contributed by atoms with E-state index in [-0.39, 0.29) is 17.3 Å². The number of sulfonamides is 1. The minimum atomic E-state index is -3.93. The Morgan fingerprint density at radius 2 is 1.87 bits per heavy atom. The van der Waals surface area contributed by atoms with Crippen molar-refractivity contribution in [3.8, 4) is 0 Å². The number of hydrogen-bond donors (Lipinski definition) is 1. The first-order valence-electron chi connectivity index (χ1n) is 9.30. The van der Waals surface area contributed by atoms with Crippen molar-refractivity contribution in [1.82, 2.24) is 4.31 Å². The van der Waals surface area contributed by atoms with Gasteiger partial charge in [-0.25, -0.2) is 8.42 Å². The number of halogens is 1. The number of fused-ring (bicyclic) bond motifs is 1. The van der Waals surface area contributed by atoms with Gasteiger partial charge in [-0.15, -0.1) is 0 Å². The monoisotopic (exact) mass is 449 g/mol. The summed E-state index contributed by atoms with van der Waals surface area (Å²) in [6.45, 7) is 4.97. The van der Waals surface area contributed by atoms with Gasteiger partial charge in [0.15, 0.2) is 0 Å². The van der Waals surface area contributed by atoms with Crippen LogP contribution in [0.4, 0.5) is 11.4 Å². The normalized spacial score (nSPS) is 15.4. The molecule has 0 atom stereocenters. The lowest BCUT2D eigenvalue weighted by atomic mass is 9.86. The van der Waals surface area contributed by atoms with Crippen LogP contribution in [0.5, 0.6) is 0 Å². The van der Waals surface area contributed by atoms with Gasteiger partial charge >= 0.3 is 0 Å². The molecule has 1 N–H and O–H groups in total. The summed E-state index contributed by atoms with van der Waals surface area (Å²) < 4.78 is 27.1. The standard InChI is InChI=1S/C21H24ClN3O4S/c1-13-6-7-14(22)10-17(13)23-19(26)12-24(4)30(28,29)15-8-9-18-16(11-15)21(2,3)20(27)25(18)5/h6-11H,12H2,1-5H3,(H,23,26). The highest BCUT2D eigenvalue weighted by atomic mass is 35.5. The van der Waals surface area contributed by atoms with Crippen LogP contribution in [0.15, 0.2) is 41.3 Å². The number of rotatable bonds is 5. The van der Waals surface area contributed by atoms with E-state index in [1.807, 2.05) is 6.92 Å². The number of likely N-dealkylation sites (N-methyl/N-ethyl adjacent to an activating group) is 2. The Morgan fingerprint density at radius 3 is 2.53 bits per heavy atom. The highest BCUT2D eigenvalue weighted by Gasteiger charge is 2.43. The second kappa shape index (κ2) is 7.68. The summed E-state index contributed by atoms with van der Waals surface area (Å²) in [6, 6.07) is 9.68. The third kappa shape index (κ3) is 3.82. The van der Waals surface area contributed by atoms with Crippen molar-refractivity contribution in [2.45, 2.75) is 31.1 Å². The molecule has 2 amide bonds. The first-order chi connectivity index (χ1) is 13.9. The topological polar surface area (TPSA) is 86.8 Å². The van der Waals surface area contributed by atoms with E-state index in [0.717, 1.165) is 9.87 Å². The van der Waals surface area contributed by atoms with Gasteiger partial charge in [-0.05, 0) is 62.2 Å². The fraction of sp³-hybridized carbons (Fsp3) is 0.333. The molecule has 2 aromatic carbocycles. The molecule has 1 heterocycles. The van der Waals surface area contributed by atoms with E-state index in [9.17, 15) is 18.0 Å². The van der Waals surface area contributed by atoms with Gasteiger partial charge in [0.1, 0.15) is 0 Å². The molecule has 3 rings (SSSR count). The Labute approximate surface area is 181 Å². The molecule has 0 aliphatic carbocycles. The summed E-state index contributed by atoms with van der Waals surface area (Å²) in [7, 11) is -0.927. The summed E-state index contributed by atoms with van der Waals surface area (Å²) in [5.41, 5.74) is 1.84. The first-order valence-corrected chi connectivity index (χ1v) is 11.1. The van der Waals surface area contributed by atoms with Crippen LogP contribution < -0.4 is 10.2 Å². The lowest BCUT2D eigenvalue weighted by molar-refractivity contribution is -0.121. The molecule has 1 aliphatic rings. The zero-order valence-electron chi connectivity index (χ0n) is 17.5. The lowest BCUT2D eigenvalue weighted by Gasteiger charge is -2.19. The minimum absolute atomic E-state index is 0.0339. The van der Waals surface area contributed by atoms with Crippen LogP contribution in [0.3, 0.4) is 0 Å². The highest BCUT2D eigenvalue weighted by Crippen LogP contribution is 2.41.